The van der Waals surface area contributed by atoms with Crippen molar-refractivity contribution in [1.82, 2.24) is 5.32 Å². The quantitative estimate of drug-likeness (QED) is 0.609. The van der Waals surface area contributed by atoms with E-state index in [1.165, 1.54) is 0 Å². The van der Waals surface area contributed by atoms with Crippen molar-refractivity contribution in [3.05, 3.63) is 38.3 Å². The van der Waals surface area contributed by atoms with Crippen LogP contribution in [0.1, 0.15) is 32.8 Å². The normalized spacial score (nSPS) is 12.7. The second-order valence-corrected chi connectivity index (χ2v) is 6.03. The molecule has 0 radical (unpaired) electrons. The number of hydrogen-bond donors (Lipinski definition) is 1. The van der Waals surface area contributed by atoms with Crippen LogP contribution < -0.4 is 5.32 Å². The first-order chi connectivity index (χ1) is 8.93. The summed E-state index contributed by atoms with van der Waals surface area (Å²) in [6.45, 7) is 7.27. The minimum Gasteiger partial charge on any atom is -0.314 e. The first kappa shape index (κ1) is 16.1. The fourth-order valence-corrected chi connectivity index (χ4v) is 2.67. The van der Waals surface area contributed by atoms with Crippen molar-refractivity contribution < 1.29 is 4.92 Å². The van der Waals surface area contributed by atoms with Crippen LogP contribution in [0.2, 0.25) is 0 Å². The lowest BCUT2D eigenvalue weighted by Gasteiger charge is -2.20. The molecule has 19 heavy (non-hydrogen) atoms. The highest BCUT2D eigenvalue weighted by Gasteiger charge is 2.18. The molecule has 1 rings (SSSR count). The minimum atomic E-state index is -0.305. The van der Waals surface area contributed by atoms with Crippen LogP contribution in [-0.2, 0) is 6.42 Å². The van der Waals surface area contributed by atoms with Crippen LogP contribution in [0.15, 0.2) is 22.7 Å². The topological polar surface area (TPSA) is 55.2 Å². The summed E-state index contributed by atoms with van der Waals surface area (Å²) in [7, 11) is 0. The molecule has 0 bridgehead atoms. The highest BCUT2D eigenvalue weighted by Crippen LogP contribution is 2.25. The van der Waals surface area contributed by atoms with Gasteiger partial charge in [0.15, 0.2) is 0 Å². The van der Waals surface area contributed by atoms with Gasteiger partial charge >= 0.3 is 0 Å². The van der Waals surface area contributed by atoms with Gasteiger partial charge in [0, 0.05) is 22.1 Å². The third kappa shape index (κ3) is 5.28. The van der Waals surface area contributed by atoms with Crippen LogP contribution in [0.4, 0.5) is 5.69 Å². The Bertz CT molecular complexity index is 435. The second kappa shape index (κ2) is 7.60. The van der Waals surface area contributed by atoms with Gasteiger partial charge in [-0.05, 0) is 37.4 Å². The average molecular weight is 329 g/mol. The van der Waals surface area contributed by atoms with E-state index < -0.39 is 0 Å². The van der Waals surface area contributed by atoms with Gasteiger partial charge in [0.05, 0.1) is 4.92 Å². The molecule has 1 aromatic carbocycles. The summed E-state index contributed by atoms with van der Waals surface area (Å²) >= 11 is 3.38. The number of hydrogen-bond acceptors (Lipinski definition) is 3. The van der Waals surface area contributed by atoms with Gasteiger partial charge in [-0.25, -0.2) is 0 Å². The third-order valence-electron chi connectivity index (χ3n) is 2.95. The zero-order valence-corrected chi connectivity index (χ0v) is 13.2. The number of nitro groups is 1. The van der Waals surface area contributed by atoms with Gasteiger partial charge in [-0.3, -0.25) is 10.1 Å². The van der Waals surface area contributed by atoms with Gasteiger partial charge in [-0.2, -0.15) is 0 Å². The summed E-state index contributed by atoms with van der Waals surface area (Å²) in [5, 5.41) is 14.5. The molecule has 1 unspecified atom stereocenters. The van der Waals surface area contributed by atoms with Crippen molar-refractivity contribution in [2.24, 2.45) is 5.92 Å². The average Bonchev–Trinajstić information content (AvgIpc) is 2.27. The van der Waals surface area contributed by atoms with Gasteiger partial charge in [0.2, 0.25) is 0 Å². The van der Waals surface area contributed by atoms with Crippen LogP contribution in [0.5, 0.6) is 0 Å². The lowest BCUT2D eigenvalue weighted by Crippen LogP contribution is -2.32. The molecule has 0 fully saturated rings. The number of benzene rings is 1. The van der Waals surface area contributed by atoms with E-state index in [2.05, 4.69) is 42.0 Å². The van der Waals surface area contributed by atoms with E-state index in [-0.39, 0.29) is 16.7 Å². The van der Waals surface area contributed by atoms with Crippen LogP contribution in [-0.4, -0.2) is 17.5 Å². The van der Waals surface area contributed by atoms with Gasteiger partial charge < -0.3 is 5.32 Å². The van der Waals surface area contributed by atoms with Crippen molar-refractivity contribution in [3.63, 3.8) is 0 Å². The third-order valence-corrected chi connectivity index (χ3v) is 3.45. The standard InChI is InChI=1S/C14H21BrN2O2/c1-4-16-13(7-10(2)3)9-11-8-12(15)5-6-14(11)17(18)19/h5-6,8,10,13,16H,4,7,9H2,1-3H3. The summed E-state index contributed by atoms with van der Waals surface area (Å²) in [5.41, 5.74) is 0.987. The lowest BCUT2D eigenvalue weighted by atomic mass is 9.96. The Morgan fingerprint density at radius 2 is 2.11 bits per heavy atom. The zero-order valence-electron chi connectivity index (χ0n) is 11.6. The molecule has 0 aliphatic carbocycles. The molecule has 0 aromatic heterocycles. The number of likely N-dealkylation sites (N-methyl/N-ethyl adjacent to an activating group) is 1. The predicted octanol–water partition coefficient (Wildman–Crippen LogP) is 3.92. The maximum absolute atomic E-state index is 11.1. The molecule has 4 nitrogen and oxygen atoms in total. The maximum atomic E-state index is 11.1. The van der Waals surface area contributed by atoms with Crippen molar-refractivity contribution in [3.8, 4) is 0 Å². The Kier molecular flexibility index (Phi) is 6.45. The number of rotatable bonds is 7. The summed E-state index contributed by atoms with van der Waals surface area (Å²) in [6, 6.07) is 5.41. The van der Waals surface area contributed by atoms with E-state index in [0.717, 1.165) is 23.0 Å². The largest absolute Gasteiger partial charge is 0.314 e. The SMILES string of the molecule is CCNC(Cc1cc(Br)ccc1[N+](=O)[O-])CC(C)C. The van der Waals surface area contributed by atoms with Crippen LogP contribution in [0, 0.1) is 16.0 Å². The number of nitro benzene ring substituents is 1. The molecular formula is C14H21BrN2O2. The first-order valence-electron chi connectivity index (χ1n) is 6.60. The van der Waals surface area contributed by atoms with Gasteiger partial charge in [-0.1, -0.05) is 36.7 Å². The second-order valence-electron chi connectivity index (χ2n) is 5.12. The molecule has 0 spiro atoms. The summed E-state index contributed by atoms with van der Waals surface area (Å²) in [6.07, 6.45) is 1.69. The Morgan fingerprint density at radius 3 is 2.63 bits per heavy atom. The molecule has 1 aromatic rings. The summed E-state index contributed by atoms with van der Waals surface area (Å²) < 4.78 is 0.882. The Labute approximate surface area is 122 Å². The Morgan fingerprint density at radius 1 is 1.42 bits per heavy atom. The van der Waals surface area contributed by atoms with Gasteiger partial charge in [-0.15, -0.1) is 0 Å². The number of nitrogens with one attached hydrogen (secondary N) is 1. The number of nitrogens with zero attached hydrogens (tertiary/aromatic N) is 1. The molecule has 0 amide bonds. The lowest BCUT2D eigenvalue weighted by molar-refractivity contribution is -0.385. The van der Waals surface area contributed by atoms with Gasteiger partial charge in [0.25, 0.3) is 5.69 Å². The molecule has 1 atom stereocenters. The van der Waals surface area contributed by atoms with Crippen molar-refractivity contribution >= 4 is 21.6 Å². The van der Waals surface area contributed by atoms with Crippen molar-refractivity contribution in [1.29, 1.82) is 0 Å². The summed E-state index contributed by atoms with van der Waals surface area (Å²) in [4.78, 5) is 10.8. The maximum Gasteiger partial charge on any atom is 0.272 e. The fraction of sp³-hybridized carbons (Fsp3) is 0.571. The number of halogens is 1. The van der Waals surface area contributed by atoms with E-state index in [1.54, 1.807) is 12.1 Å². The van der Waals surface area contributed by atoms with E-state index >= 15 is 0 Å². The summed E-state index contributed by atoms with van der Waals surface area (Å²) in [5.74, 6) is 0.565. The van der Waals surface area contributed by atoms with E-state index in [9.17, 15) is 10.1 Å². The molecule has 0 saturated heterocycles. The Hall–Kier alpha value is -0.940. The zero-order chi connectivity index (χ0) is 14.4. The van der Waals surface area contributed by atoms with Crippen LogP contribution in [0.25, 0.3) is 0 Å². The molecule has 0 aliphatic rings. The minimum absolute atomic E-state index is 0.204. The van der Waals surface area contributed by atoms with E-state index in [1.807, 2.05) is 6.07 Å². The van der Waals surface area contributed by atoms with Gasteiger partial charge in [0.1, 0.15) is 0 Å². The van der Waals surface area contributed by atoms with Crippen molar-refractivity contribution in [2.45, 2.75) is 39.7 Å². The molecule has 1 N–H and O–H groups in total. The first-order valence-corrected chi connectivity index (χ1v) is 7.39. The highest BCUT2D eigenvalue weighted by atomic mass is 79.9. The predicted molar refractivity (Wildman–Crippen MR) is 81.4 cm³/mol. The molecular weight excluding hydrogens is 308 g/mol. The molecule has 0 saturated carbocycles. The van der Waals surface area contributed by atoms with Crippen LogP contribution in [0.3, 0.4) is 0 Å². The van der Waals surface area contributed by atoms with Crippen LogP contribution >= 0.6 is 15.9 Å². The Balaban J connectivity index is 2.93. The fourth-order valence-electron chi connectivity index (χ4n) is 2.26. The smallest absolute Gasteiger partial charge is 0.272 e. The highest BCUT2D eigenvalue weighted by molar-refractivity contribution is 9.10. The van der Waals surface area contributed by atoms with E-state index in [0.29, 0.717) is 12.3 Å². The molecule has 5 heteroatoms. The molecule has 0 aliphatic heterocycles. The monoisotopic (exact) mass is 328 g/mol. The van der Waals surface area contributed by atoms with E-state index in [4.69, 9.17) is 0 Å². The molecule has 0 heterocycles. The molecule has 106 valence electrons. The van der Waals surface area contributed by atoms with Crippen molar-refractivity contribution in [2.75, 3.05) is 6.54 Å².